The van der Waals surface area contributed by atoms with E-state index in [1.54, 1.807) is 11.0 Å². The highest BCUT2D eigenvalue weighted by molar-refractivity contribution is 5.68. The molecule has 128 valence electrons. The molecule has 0 saturated carbocycles. The molecule has 1 atom stereocenters. The predicted octanol–water partition coefficient (Wildman–Crippen LogP) is 3.57. The van der Waals surface area contributed by atoms with Crippen LogP contribution in [0, 0.1) is 6.92 Å². The van der Waals surface area contributed by atoms with Gasteiger partial charge in [-0.1, -0.05) is 6.07 Å². The lowest BCUT2D eigenvalue weighted by Crippen LogP contribution is -2.46. The number of hydrogen-bond donors (Lipinski definition) is 2. The number of ether oxygens (including phenoxy) is 2. The molecule has 1 amide bonds. The van der Waals surface area contributed by atoms with Crippen LogP contribution in [0.5, 0.6) is 5.75 Å². The second-order valence-electron chi connectivity index (χ2n) is 6.92. The van der Waals surface area contributed by atoms with Gasteiger partial charge in [0.2, 0.25) is 0 Å². The Hall–Kier alpha value is -1.95. The van der Waals surface area contributed by atoms with Crippen LogP contribution in [-0.2, 0) is 4.74 Å². The first kappa shape index (κ1) is 17.4. The van der Waals surface area contributed by atoms with Gasteiger partial charge in [-0.25, -0.2) is 4.79 Å². The summed E-state index contributed by atoms with van der Waals surface area (Å²) in [7, 11) is 0. The Bertz CT molecular complexity index is 554. The lowest BCUT2D eigenvalue weighted by atomic mass is 10.1. The molecule has 2 rings (SSSR count). The molecule has 0 aliphatic carbocycles. The maximum absolute atomic E-state index is 12.2. The summed E-state index contributed by atoms with van der Waals surface area (Å²) in [6.07, 6.45) is 1.29. The number of rotatable bonds is 3. The number of aryl methyl sites for hydroxylation is 1. The maximum atomic E-state index is 12.2. The molecule has 0 radical (unpaired) electrons. The standard InChI is InChI=1S/C17H26N2O4/c1-12-7-8-14(18-21)15(10-12)22-13-6-5-9-19(11-13)16(20)23-17(2,3)4/h7-8,10,13,18,21H,5-6,9,11H2,1-4H3/t13-/m0/s1. The summed E-state index contributed by atoms with van der Waals surface area (Å²) in [6.45, 7) is 8.68. The summed E-state index contributed by atoms with van der Waals surface area (Å²) in [4.78, 5) is 13.9. The van der Waals surface area contributed by atoms with Crippen molar-refractivity contribution in [3.8, 4) is 5.75 Å². The molecule has 1 aliphatic rings. The van der Waals surface area contributed by atoms with Crippen LogP contribution in [-0.4, -0.2) is 41.0 Å². The molecule has 1 heterocycles. The number of amides is 1. The number of nitrogens with zero attached hydrogens (tertiary/aromatic N) is 1. The number of likely N-dealkylation sites (tertiary alicyclic amines) is 1. The smallest absolute Gasteiger partial charge is 0.410 e. The summed E-state index contributed by atoms with van der Waals surface area (Å²) in [5.41, 5.74) is 3.20. The fourth-order valence-corrected chi connectivity index (χ4v) is 2.53. The van der Waals surface area contributed by atoms with Gasteiger partial charge < -0.3 is 14.4 Å². The lowest BCUT2D eigenvalue weighted by molar-refractivity contribution is 0.00779. The molecule has 6 nitrogen and oxygen atoms in total. The van der Waals surface area contributed by atoms with Crippen LogP contribution < -0.4 is 10.2 Å². The second kappa shape index (κ2) is 7.08. The van der Waals surface area contributed by atoms with Gasteiger partial charge in [0.25, 0.3) is 0 Å². The first-order valence-electron chi connectivity index (χ1n) is 7.94. The molecule has 1 aliphatic heterocycles. The van der Waals surface area contributed by atoms with Gasteiger partial charge in [-0.3, -0.25) is 10.7 Å². The van der Waals surface area contributed by atoms with Crippen LogP contribution in [0.2, 0.25) is 0 Å². The van der Waals surface area contributed by atoms with Gasteiger partial charge >= 0.3 is 6.09 Å². The highest BCUT2D eigenvalue weighted by Gasteiger charge is 2.28. The van der Waals surface area contributed by atoms with Crippen molar-refractivity contribution in [3.63, 3.8) is 0 Å². The van der Waals surface area contributed by atoms with E-state index in [9.17, 15) is 10.0 Å². The van der Waals surface area contributed by atoms with Crippen LogP contribution in [0.25, 0.3) is 0 Å². The molecule has 1 saturated heterocycles. The van der Waals surface area contributed by atoms with E-state index in [4.69, 9.17) is 9.47 Å². The summed E-state index contributed by atoms with van der Waals surface area (Å²) >= 11 is 0. The van der Waals surface area contributed by atoms with Crippen molar-refractivity contribution in [2.24, 2.45) is 0 Å². The van der Waals surface area contributed by atoms with Crippen molar-refractivity contribution in [3.05, 3.63) is 23.8 Å². The van der Waals surface area contributed by atoms with E-state index in [-0.39, 0.29) is 12.2 Å². The third-order valence-electron chi connectivity index (χ3n) is 3.58. The van der Waals surface area contributed by atoms with Crippen LogP contribution in [0.4, 0.5) is 10.5 Å². The number of carbonyl (C=O) groups is 1. The van der Waals surface area contributed by atoms with E-state index in [0.717, 1.165) is 18.4 Å². The SMILES string of the molecule is Cc1ccc(NO)c(O[C@H]2CCCN(C(=O)OC(C)(C)C)C2)c1. The maximum Gasteiger partial charge on any atom is 0.410 e. The van der Waals surface area contributed by atoms with E-state index in [1.807, 2.05) is 39.8 Å². The van der Waals surface area contributed by atoms with Crippen LogP contribution in [0.1, 0.15) is 39.2 Å². The van der Waals surface area contributed by atoms with Crippen LogP contribution >= 0.6 is 0 Å². The Labute approximate surface area is 137 Å². The van der Waals surface area contributed by atoms with Crippen LogP contribution in [0.15, 0.2) is 18.2 Å². The fourth-order valence-electron chi connectivity index (χ4n) is 2.53. The number of carbonyl (C=O) groups excluding carboxylic acids is 1. The molecule has 0 unspecified atom stereocenters. The zero-order chi connectivity index (χ0) is 17.0. The molecule has 1 aromatic carbocycles. The monoisotopic (exact) mass is 322 g/mol. The number of hydrogen-bond acceptors (Lipinski definition) is 5. The molecular weight excluding hydrogens is 296 g/mol. The zero-order valence-electron chi connectivity index (χ0n) is 14.3. The normalized spacial score (nSPS) is 18.5. The molecular formula is C17H26N2O4. The van der Waals surface area contributed by atoms with Crippen molar-refractivity contribution in [1.29, 1.82) is 0 Å². The first-order chi connectivity index (χ1) is 10.8. The Kier molecular flexibility index (Phi) is 5.36. The zero-order valence-corrected chi connectivity index (χ0v) is 14.3. The predicted molar refractivity (Wildman–Crippen MR) is 88.0 cm³/mol. The van der Waals surface area contributed by atoms with Crippen molar-refractivity contribution in [1.82, 2.24) is 4.90 Å². The summed E-state index contributed by atoms with van der Waals surface area (Å²) < 4.78 is 11.4. The highest BCUT2D eigenvalue weighted by Crippen LogP contribution is 2.28. The Balaban J connectivity index is 2.02. The Morgan fingerprint density at radius 3 is 2.78 bits per heavy atom. The van der Waals surface area contributed by atoms with Gasteiger partial charge in [0.1, 0.15) is 23.1 Å². The minimum atomic E-state index is -0.505. The van der Waals surface area contributed by atoms with Crippen molar-refractivity contribution in [2.75, 3.05) is 18.6 Å². The lowest BCUT2D eigenvalue weighted by Gasteiger charge is -2.34. The third kappa shape index (κ3) is 5.03. The fraction of sp³-hybridized carbons (Fsp3) is 0.588. The van der Waals surface area contributed by atoms with E-state index in [0.29, 0.717) is 24.5 Å². The summed E-state index contributed by atoms with van der Waals surface area (Å²) in [5.74, 6) is 0.587. The average Bonchev–Trinajstić information content (AvgIpc) is 2.46. The molecule has 1 aromatic rings. The van der Waals surface area contributed by atoms with Crippen molar-refractivity contribution >= 4 is 11.8 Å². The van der Waals surface area contributed by atoms with Gasteiger partial charge in [-0.05, 0) is 58.2 Å². The molecule has 0 spiro atoms. The minimum Gasteiger partial charge on any atom is -0.486 e. The molecule has 6 heteroatoms. The van der Waals surface area contributed by atoms with Crippen LogP contribution in [0.3, 0.4) is 0 Å². The number of nitrogens with one attached hydrogen (secondary N) is 1. The molecule has 0 bridgehead atoms. The number of piperidine rings is 1. The van der Waals surface area contributed by atoms with Gasteiger partial charge in [0.05, 0.1) is 6.54 Å². The topological polar surface area (TPSA) is 71.0 Å². The van der Waals surface area contributed by atoms with Crippen molar-refractivity contribution in [2.45, 2.75) is 52.2 Å². The second-order valence-corrected chi connectivity index (χ2v) is 6.92. The Morgan fingerprint density at radius 1 is 1.39 bits per heavy atom. The largest absolute Gasteiger partial charge is 0.486 e. The molecule has 1 fully saturated rings. The molecule has 23 heavy (non-hydrogen) atoms. The number of benzene rings is 1. The minimum absolute atomic E-state index is 0.120. The highest BCUT2D eigenvalue weighted by atomic mass is 16.6. The van der Waals surface area contributed by atoms with E-state index >= 15 is 0 Å². The van der Waals surface area contributed by atoms with Gasteiger partial charge in [-0.15, -0.1) is 0 Å². The molecule has 0 aromatic heterocycles. The van der Waals surface area contributed by atoms with Gasteiger partial charge in [0, 0.05) is 6.54 Å². The molecule has 2 N–H and O–H groups in total. The van der Waals surface area contributed by atoms with E-state index in [2.05, 4.69) is 5.48 Å². The third-order valence-corrected chi connectivity index (χ3v) is 3.58. The quantitative estimate of drug-likeness (QED) is 0.832. The summed E-state index contributed by atoms with van der Waals surface area (Å²) in [5, 5.41) is 9.19. The number of anilines is 1. The van der Waals surface area contributed by atoms with E-state index < -0.39 is 5.60 Å². The average molecular weight is 322 g/mol. The van der Waals surface area contributed by atoms with E-state index in [1.165, 1.54) is 0 Å². The van der Waals surface area contributed by atoms with Gasteiger partial charge in [0.15, 0.2) is 0 Å². The Morgan fingerprint density at radius 2 is 2.13 bits per heavy atom. The van der Waals surface area contributed by atoms with Crippen molar-refractivity contribution < 1.29 is 19.5 Å². The first-order valence-corrected chi connectivity index (χ1v) is 7.94. The summed E-state index contributed by atoms with van der Waals surface area (Å²) in [6, 6.07) is 5.52. The van der Waals surface area contributed by atoms with Gasteiger partial charge in [-0.2, -0.15) is 0 Å².